The summed E-state index contributed by atoms with van der Waals surface area (Å²) in [5.41, 5.74) is 0.127. The normalized spacial score (nSPS) is 11.6. The van der Waals surface area contributed by atoms with Crippen LogP contribution in [0.5, 0.6) is 11.5 Å². The number of ether oxygens (including phenoxy) is 1. The van der Waals surface area contributed by atoms with E-state index in [-0.39, 0.29) is 39.9 Å². The number of anilines is 1. The summed E-state index contributed by atoms with van der Waals surface area (Å²) in [6.45, 7) is 5.90. The molecule has 0 aliphatic carbocycles. The first-order valence-corrected chi connectivity index (χ1v) is 11.7. The molecule has 2 aromatic heterocycles. The molecule has 11 heteroatoms. The second-order valence-corrected chi connectivity index (χ2v) is 9.58. The smallest absolute Gasteiger partial charge is 0.267 e. The van der Waals surface area contributed by atoms with Crippen LogP contribution in [-0.2, 0) is 16.8 Å². The molecule has 0 saturated heterocycles. The Bertz CT molecular complexity index is 1510. The van der Waals surface area contributed by atoms with Crippen LogP contribution in [0.2, 0.25) is 0 Å². The van der Waals surface area contributed by atoms with E-state index in [1.54, 1.807) is 10.9 Å². The highest BCUT2D eigenvalue weighted by molar-refractivity contribution is 5.99. The number of hydrogen-bond donors (Lipinski definition) is 2. The van der Waals surface area contributed by atoms with E-state index in [4.69, 9.17) is 4.74 Å². The molecule has 0 aliphatic rings. The summed E-state index contributed by atoms with van der Waals surface area (Å²) in [5.74, 6) is -1.85. The lowest BCUT2D eigenvalue weighted by Crippen LogP contribution is -2.22. The largest absolute Gasteiger partial charge is 0.456 e. The number of fused-ring (bicyclic) bond motifs is 1. The van der Waals surface area contributed by atoms with Gasteiger partial charge in [0.1, 0.15) is 17.3 Å². The SMILES string of the molecule is CNC(=O)c1cc2c(Oc3ccc(CC(=O)Nc4cnn(C(C)(C)C)c4)cc3C(F)F)ccnc2cc1F. The number of halogens is 3. The van der Waals surface area contributed by atoms with Crippen LogP contribution in [0.3, 0.4) is 0 Å². The van der Waals surface area contributed by atoms with Gasteiger partial charge >= 0.3 is 0 Å². The monoisotopic (exact) mass is 525 g/mol. The first-order chi connectivity index (χ1) is 18.0. The molecule has 0 radical (unpaired) electrons. The molecular weight excluding hydrogens is 499 g/mol. The number of alkyl halides is 2. The predicted molar refractivity (Wildman–Crippen MR) is 136 cm³/mol. The minimum atomic E-state index is -2.90. The lowest BCUT2D eigenvalue weighted by atomic mass is 10.1. The molecule has 2 aromatic carbocycles. The Kier molecular flexibility index (Phi) is 7.38. The highest BCUT2D eigenvalue weighted by atomic mass is 19.3. The third-order valence-corrected chi connectivity index (χ3v) is 5.71. The fourth-order valence-corrected chi connectivity index (χ4v) is 3.77. The van der Waals surface area contributed by atoms with Crippen molar-refractivity contribution in [1.29, 1.82) is 0 Å². The Morgan fingerprint density at radius 1 is 1.11 bits per heavy atom. The topological polar surface area (TPSA) is 98.1 Å². The third kappa shape index (κ3) is 5.77. The van der Waals surface area contributed by atoms with E-state index in [0.29, 0.717) is 11.3 Å². The Hall–Kier alpha value is -4.41. The summed E-state index contributed by atoms with van der Waals surface area (Å²) in [6.07, 6.45) is 1.52. The molecule has 0 aliphatic heterocycles. The van der Waals surface area contributed by atoms with Crippen LogP contribution in [0.15, 0.2) is 55.0 Å². The van der Waals surface area contributed by atoms with Crippen molar-refractivity contribution in [2.24, 2.45) is 0 Å². The maximum Gasteiger partial charge on any atom is 0.267 e. The molecule has 4 rings (SSSR count). The number of amides is 2. The first-order valence-electron chi connectivity index (χ1n) is 11.7. The van der Waals surface area contributed by atoms with Crippen molar-refractivity contribution in [3.63, 3.8) is 0 Å². The molecule has 2 N–H and O–H groups in total. The van der Waals surface area contributed by atoms with E-state index in [2.05, 4.69) is 20.7 Å². The van der Waals surface area contributed by atoms with Gasteiger partial charge in [-0.2, -0.15) is 5.10 Å². The van der Waals surface area contributed by atoms with Gasteiger partial charge in [-0.1, -0.05) is 6.07 Å². The maximum absolute atomic E-state index is 14.3. The van der Waals surface area contributed by atoms with Crippen molar-refractivity contribution in [2.45, 2.75) is 39.2 Å². The Balaban J connectivity index is 1.58. The molecule has 0 bridgehead atoms. The van der Waals surface area contributed by atoms with Crippen LogP contribution in [0.25, 0.3) is 10.9 Å². The predicted octanol–water partition coefficient (Wildman–Crippen LogP) is 5.60. The summed E-state index contributed by atoms with van der Waals surface area (Å²) in [5, 5.41) is 9.56. The number of nitrogens with one attached hydrogen (secondary N) is 2. The Labute approximate surface area is 216 Å². The van der Waals surface area contributed by atoms with Gasteiger partial charge in [0, 0.05) is 30.9 Å². The third-order valence-electron chi connectivity index (χ3n) is 5.71. The highest BCUT2D eigenvalue weighted by Gasteiger charge is 2.20. The molecule has 0 unspecified atom stereocenters. The minimum Gasteiger partial charge on any atom is -0.456 e. The molecule has 2 heterocycles. The summed E-state index contributed by atoms with van der Waals surface area (Å²) >= 11 is 0. The molecule has 4 aromatic rings. The van der Waals surface area contributed by atoms with Crippen LogP contribution in [0.1, 0.15) is 48.7 Å². The number of nitrogens with zero attached hydrogens (tertiary/aromatic N) is 3. The van der Waals surface area contributed by atoms with Gasteiger partial charge in [-0.15, -0.1) is 0 Å². The van der Waals surface area contributed by atoms with Crippen molar-refractivity contribution in [3.8, 4) is 11.5 Å². The van der Waals surface area contributed by atoms with Gasteiger partial charge in [0.05, 0.1) is 40.5 Å². The summed E-state index contributed by atoms with van der Waals surface area (Å²) in [7, 11) is 1.36. The fourth-order valence-electron chi connectivity index (χ4n) is 3.77. The van der Waals surface area contributed by atoms with Crippen LogP contribution in [0.4, 0.5) is 18.9 Å². The summed E-state index contributed by atoms with van der Waals surface area (Å²) < 4.78 is 49.8. The van der Waals surface area contributed by atoms with E-state index in [1.807, 2.05) is 20.8 Å². The molecule has 0 spiro atoms. The van der Waals surface area contributed by atoms with Crippen molar-refractivity contribution in [3.05, 3.63) is 77.5 Å². The van der Waals surface area contributed by atoms with Gasteiger partial charge in [-0.05, 0) is 50.6 Å². The number of rotatable bonds is 7. The van der Waals surface area contributed by atoms with E-state index >= 15 is 0 Å². The number of carbonyl (C=O) groups is 2. The standard InChI is InChI=1S/C27H26F3N5O3/c1-27(2,3)35-14-16(13-33-35)34-24(36)10-15-5-6-22(19(9-15)25(29)30)38-23-7-8-32-21-12-20(28)17(11-18(21)23)26(37)31-4/h5-9,11-14,25H,10H2,1-4H3,(H,31,37)(H,34,36). The first kappa shape index (κ1) is 26.6. The zero-order valence-electron chi connectivity index (χ0n) is 21.2. The van der Waals surface area contributed by atoms with Crippen molar-refractivity contribution >= 4 is 28.4 Å². The van der Waals surface area contributed by atoms with Crippen molar-refractivity contribution < 1.29 is 27.5 Å². The number of aromatic nitrogens is 3. The highest BCUT2D eigenvalue weighted by Crippen LogP contribution is 2.36. The van der Waals surface area contributed by atoms with Gasteiger partial charge in [0.15, 0.2) is 0 Å². The minimum absolute atomic E-state index is 0.114. The molecule has 8 nitrogen and oxygen atoms in total. The zero-order valence-corrected chi connectivity index (χ0v) is 21.2. The maximum atomic E-state index is 14.3. The summed E-state index contributed by atoms with van der Waals surface area (Å²) in [4.78, 5) is 28.6. The van der Waals surface area contributed by atoms with Crippen LogP contribution < -0.4 is 15.4 Å². The van der Waals surface area contributed by atoms with Crippen LogP contribution >= 0.6 is 0 Å². The molecule has 198 valence electrons. The van der Waals surface area contributed by atoms with E-state index < -0.39 is 29.6 Å². The molecule has 2 amide bonds. The quantitative estimate of drug-likeness (QED) is 0.328. The van der Waals surface area contributed by atoms with E-state index in [0.717, 1.165) is 6.07 Å². The molecular formula is C27H26F3N5O3. The van der Waals surface area contributed by atoms with Crippen LogP contribution in [-0.4, -0.2) is 33.6 Å². The average molecular weight is 526 g/mol. The average Bonchev–Trinajstić information content (AvgIpc) is 3.33. The molecule has 0 fully saturated rings. The number of hydrogen-bond acceptors (Lipinski definition) is 5. The van der Waals surface area contributed by atoms with Crippen LogP contribution in [0, 0.1) is 5.82 Å². The lowest BCUT2D eigenvalue weighted by Gasteiger charge is -2.18. The number of pyridine rings is 1. The second-order valence-electron chi connectivity index (χ2n) is 9.58. The fraction of sp³-hybridized carbons (Fsp3) is 0.259. The zero-order chi connectivity index (χ0) is 27.6. The molecule has 38 heavy (non-hydrogen) atoms. The lowest BCUT2D eigenvalue weighted by molar-refractivity contribution is -0.115. The van der Waals surface area contributed by atoms with E-state index in [1.165, 1.54) is 49.8 Å². The number of carbonyl (C=O) groups excluding carboxylic acids is 2. The number of benzene rings is 2. The Morgan fingerprint density at radius 3 is 2.53 bits per heavy atom. The van der Waals surface area contributed by atoms with Gasteiger partial charge in [-0.25, -0.2) is 13.2 Å². The van der Waals surface area contributed by atoms with E-state index in [9.17, 15) is 22.8 Å². The van der Waals surface area contributed by atoms with Gasteiger partial charge in [0.2, 0.25) is 5.91 Å². The van der Waals surface area contributed by atoms with Crippen molar-refractivity contribution in [2.75, 3.05) is 12.4 Å². The molecule has 0 atom stereocenters. The van der Waals surface area contributed by atoms with Gasteiger partial charge in [0.25, 0.3) is 12.3 Å². The second kappa shape index (κ2) is 10.5. The van der Waals surface area contributed by atoms with Gasteiger partial charge < -0.3 is 15.4 Å². The van der Waals surface area contributed by atoms with Crippen molar-refractivity contribution in [1.82, 2.24) is 20.1 Å². The molecule has 0 saturated carbocycles. The summed E-state index contributed by atoms with van der Waals surface area (Å²) in [6, 6.07) is 7.83. The van der Waals surface area contributed by atoms with Gasteiger partial charge in [-0.3, -0.25) is 19.3 Å². The Morgan fingerprint density at radius 2 is 1.87 bits per heavy atom.